The Morgan fingerprint density at radius 3 is 2.76 bits per heavy atom. The largest absolute Gasteiger partial charge is 0.433 e. The molecule has 1 aromatic rings. The maximum Gasteiger partial charge on any atom is 0.433 e. The van der Waals surface area contributed by atoms with Crippen LogP contribution in [-0.4, -0.2) is 30.0 Å². The van der Waals surface area contributed by atoms with Gasteiger partial charge in [0, 0.05) is 12.6 Å². The molecule has 1 aliphatic heterocycles. The molecule has 1 saturated heterocycles. The lowest BCUT2D eigenvalue weighted by atomic mass is 10.1. The van der Waals surface area contributed by atoms with Crippen molar-refractivity contribution in [1.82, 2.24) is 10.3 Å². The lowest BCUT2D eigenvalue weighted by Gasteiger charge is -2.24. The molecule has 5 nitrogen and oxygen atoms in total. The van der Waals surface area contributed by atoms with Gasteiger partial charge in [0.05, 0.1) is 5.56 Å². The van der Waals surface area contributed by atoms with Crippen molar-refractivity contribution >= 4 is 11.7 Å². The summed E-state index contributed by atoms with van der Waals surface area (Å²) < 4.78 is 38.0. The van der Waals surface area contributed by atoms with Crippen LogP contribution in [0, 0.1) is 0 Å². The van der Waals surface area contributed by atoms with E-state index in [0.717, 1.165) is 37.9 Å². The van der Waals surface area contributed by atoms with Crippen molar-refractivity contribution in [1.29, 1.82) is 0 Å². The predicted octanol–water partition coefficient (Wildman–Crippen LogP) is 1.75. The number of aromatic nitrogens is 1. The van der Waals surface area contributed by atoms with Crippen LogP contribution in [0.25, 0.3) is 0 Å². The molecule has 1 unspecified atom stereocenters. The Bertz CT molecular complexity index is 513. The molecule has 0 spiro atoms. The topological polar surface area (TPSA) is 80.0 Å². The number of piperidine rings is 1. The lowest BCUT2D eigenvalue weighted by molar-refractivity contribution is -0.141. The first-order valence-corrected chi connectivity index (χ1v) is 6.73. The monoisotopic (exact) mass is 302 g/mol. The Labute approximate surface area is 120 Å². The van der Waals surface area contributed by atoms with Crippen LogP contribution in [0.3, 0.4) is 0 Å². The van der Waals surface area contributed by atoms with Crippen LogP contribution in [0.1, 0.15) is 35.3 Å². The summed E-state index contributed by atoms with van der Waals surface area (Å²) in [5.41, 5.74) is 4.07. The highest BCUT2D eigenvalue weighted by Crippen LogP contribution is 2.29. The first-order valence-electron chi connectivity index (χ1n) is 6.73. The van der Waals surface area contributed by atoms with Gasteiger partial charge in [0.25, 0.3) is 5.91 Å². The van der Waals surface area contributed by atoms with E-state index in [0.29, 0.717) is 6.54 Å². The number of nitrogens with one attached hydrogen (secondary N) is 2. The van der Waals surface area contributed by atoms with Crippen LogP contribution in [0.4, 0.5) is 19.0 Å². The second-order valence-electron chi connectivity index (χ2n) is 4.98. The zero-order valence-corrected chi connectivity index (χ0v) is 11.3. The summed E-state index contributed by atoms with van der Waals surface area (Å²) >= 11 is 0. The van der Waals surface area contributed by atoms with Crippen LogP contribution in [0.2, 0.25) is 0 Å². The fourth-order valence-electron chi connectivity index (χ4n) is 2.27. The molecule has 1 atom stereocenters. The third-order valence-corrected chi connectivity index (χ3v) is 3.38. The first-order chi connectivity index (χ1) is 9.88. The maximum absolute atomic E-state index is 12.7. The minimum Gasteiger partial charge on any atom is -0.368 e. The molecule has 0 radical (unpaired) electrons. The van der Waals surface area contributed by atoms with Crippen LogP contribution in [0.5, 0.6) is 0 Å². The Morgan fingerprint density at radius 2 is 2.19 bits per heavy atom. The van der Waals surface area contributed by atoms with Gasteiger partial charge in [0.1, 0.15) is 11.5 Å². The SMILES string of the molecule is NC(=O)c1ccc(C(F)(F)F)nc1NCC1CCCCN1. The summed E-state index contributed by atoms with van der Waals surface area (Å²) in [5, 5.41) is 6.06. The van der Waals surface area contributed by atoms with Crippen LogP contribution >= 0.6 is 0 Å². The average Bonchev–Trinajstić information content (AvgIpc) is 2.45. The summed E-state index contributed by atoms with van der Waals surface area (Å²) in [5.74, 6) is -0.931. The Kier molecular flexibility index (Phi) is 4.66. The average molecular weight is 302 g/mol. The van der Waals surface area contributed by atoms with Gasteiger partial charge >= 0.3 is 6.18 Å². The smallest absolute Gasteiger partial charge is 0.368 e. The lowest BCUT2D eigenvalue weighted by Crippen LogP contribution is -2.39. The number of nitrogens with zero attached hydrogens (tertiary/aromatic N) is 1. The zero-order chi connectivity index (χ0) is 15.5. The molecule has 4 N–H and O–H groups in total. The van der Waals surface area contributed by atoms with Gasteiger partial charge in [-0.25, -0.2) is 4.98 Å². The Balaban J connectivity index is 2.16. The van der Waals surface area contributed by atoms with E-state index in [-0.39, 0.29) is 17.4 Å². The number of carbonyl (C=O) groups excluding carboxylic acids is 1. The highest BCUT2D eigenvalue weighted by Gasteiger charge is 2.33. The maximum atomic E-state index is 12.7. The third kappa shape index (κ3) is 4.07. The van der Waals surface area contributed by atoms with E-state index in [1.807, 2.05) is 0 Å². The van der Waals surface area contributed by atoms with Crippen molar-refractivity contribution in [3.8, 4) is 0 Å². The molecule has 0 aliphatic carbocycles. The molecule has 0 bridgehead atoms. The number of carbonyl (C=O) groups is 1. The minimum absolute atomic E-state index is 0.0428. The number of amides is 1. The number of alkyl halides is 3. The van der Waals surface area contributed by atoms with E-state index in [9.17, 15) is 18.0 Å². The van der Waals surface area contributed by atoms with Gasteiger partial charge in [-0.2, -0.15) is 13.2 Å². The highest BCUT2D eigenvalue weighted by atomic mass is 19.4. The molecule has 1 aromatic heterocycles. The second kappa shape index (κ2) is 6.30. The summed E-state index contributed by atoms with van der Waals surface area (Å²) in [4.78, 5) is 14.8. The number of hydrogen-bond acceptors (Lipinski definition) is 4. The Morgan fingerprint density at radius 1 is 1.43 bits per heavy atom. The van der Waals surface area contributed by atoms with Gasteiger partial charge in [-0.05, 0) is 31.5 Å². The molecule has 2 rings (SSSR count). The van der Waals surface area contributed by atoms with Crippen molar-refractivity contribution in [3.63, 3.8) is 0 Å². The molecule has 0 aromatic carbocycles. The Hall–Kier alpha value is -1.83. The number of pyridine rings is 1. The first kappa shape index (κ1) is 15.6. The predicted molar refractivity (Wildman–Crippen MR) is 71.9 cm³/mol. The summed E-state index contributed by atoms with van der Waals surface area (Å²) in [7, 11) is 0. The minimum atomic E-state index is -4.56. The van der Waals surface area contributed by atoms with Crippen LogP contribution < -0.4 is 16.4 Å². The molecular weight excluding hydrogens is 285 g/mol. The van der Waals surface area contributed by atoms with Gasteiger partial charge in [0.2, 0.25) is 0 Å². The van der Waals surface area contributed by atoms with Gasteiger partial charge in [-0.3, -0.25) is 4.79 Å². The highest BCUT2D eigenvalue weighted by molar-refractivity contribution is 5.97. The fraction of sp³-hybridized carbons (Fsp3) is 0.538. The number of nitrogens with two attached hydrogens (primary N) is 1. The van der Waals surface area contributed by atoms with Gasteiger partial charge in [-0.15, -0.1) is 0 Å². The molecule has 0 saturated carbocycles. The number of anilines is 1. The van der Waals surface area contributed by atoms with Crippen molar-refractivity contribution in [2.45, 2.75) is 31.5 Å². The van der Waals surface area contributed by atoms with E-state index in [1.54, 1.807) is 0 Å². The van der Waals surface area contributed by atoms with Crippen LogP contribution in [0.15, 0.2) is 12.1 Å². The van der Waals surface area contributed by atoms with Crippen molar-refractivity contribution < 1.29 is 18.0 Å². The van der Waals surface area contributed by atoms with Gasteiger partial charge in [-0.1, -0.05) is 6.42 Å². The molecule has 1 fully saturated rings. The van der Waals surface area contributed by atoms with Crippen molar-refractivity contribution in [2.24, 2.45) is 5.73 Å². The standard InChI is InChI=1S/C13H17F3N4O/c14-13(15,16)10-5-4-9(11(17)21)12(20-10)19-7-8-3-1-2-6-18-8/h4-5,8,18H,1-3,6-7H2,(H2,17,21)(H,19,20). The van der Waals surface area contributed by atoms with Gasteiger partial charge in [0.15, 0.2) is 0 Å². The number of halogens is 3. The fourth-order valence-corrected chi connectivity index (χ4v) is 2.27. The summed E-state index contributed by atoms with van der Waals surface area (Å²) in [6.07, 6.45) is -1.48. The van der Waals surface area contributed by atoms with Crippen molar-refractivity contribution in [3.05, 3.63) is 23.4 Å². The normalized spacial score (nSPS) is 19.3. The van der Waals surface area contributed by atoms with Crippen LogP contribution in [-0.2, 0) is 6.18 Å². The molecule has 21 heavy (non-hydrogen) atoms. The van der Waals surface area contributed by atoms with E-state index >= 15 is 0 Å². The summed E-state index contributed by atoms with van der Waals surface area (Å²) in [6.45, 7) is 1.28. The molecule has 8 heteroatoms. The molecule has 1 aliphatic rings. The van der Waals surface area contributed by atoms with E-state index in [2.05, 4.69) is 15.6 Å². The molecule has 1 amide bonds. The number of primary amides is 1. The van der Waals surface area contributed by atoms with E-state index in [4.69, 9.17) is 5.73 Å². The zero-order valence-electron chi connectivity index (χ0n) is 11.3. The second-order valence-corrected chi connectivity index (χ2v) is 4.98. The number of hydrogen-bond donors (Lipinski definition) is 3. The molecular formula is C13H17F3N4O. The quantitative estimate of drug-likeness (QED) is 0.791. The van der Waals surface area contributed by atoms with Crippen molar-refractivity contribution in [2.75, 3.05) is 18.4 Å². The number of rotatable bonds is 4. The summed E-state index contributed by atoms with van der Waals surface area (Å²) in [6, 6.07) is 1.95. The van der Waals surface area contributed by atoms with E-state index in [1.165, 1.54) is 0 Å². The molecule has 2 heterocycles. The van der Waals surface area contributed by atoms with Gasteiger partial charge < -0.3 is 16.4 Å². The van der Waals surface area contributed by atoms with E-state index < -0.39 is 17.8 Å². The third-order valence-electron chi connectivity index (χ3n) is 3.38. The molecule has 116 valence electrons.